The lowest BCUT2D eigenvalue weighted by molar-refractivity contribution is -0.118. The number of aromatic nitrogens is 3. The summed E-state index contributed by atoms with van der Waals surface area (Å²) >= 11 is 0. The zero-order chi connectivity index (χ0) is 9.68. The summed E-state index contributed by atoms with van der Waals surface area (Å²) in [6.45, 7) is 0.720. The minimum Gasteiger partial charge on any atom is -0.381 e. The molecule has 0 saturated heterocycles. The summed E-state index contributed by atoms with van der Waals surface area (Å²) in [6, 6.07) is 0. The number of aryl methyl sites for hydroxylation is 1. The third kappa shape index (κ3) is 3.55. The average molecular weight is 183 g/mol. The van der Waals surface area contributed by atoms with E-state index in [0.29, 0.717) is 12.2 Å². The zero-order valence-electron chi connectivity index (χ0n) is 7.31. The second-order valence-electron chi connectivity index (χ2n) is 2.83. The van der Waals surface area contributed by atoms with Crippen molar-refractivity contribution in [3.05, 3.63) is 6.20 Å². The molecule has 72 valence electrons. The number of hydrogen-bond acceptors (Lipinski definition) is 4. The molecule has 0 aliphatic heterocycles. The number of nitrogen functional groups attached to an aromatic ring is 1. The van der Waals surface area contributed by atoms with Crippen LogP contribution in [0.15, 0.2) is 6.20 Å². The van der Waals surface area contributed by atoms with Crippen molar-refractivity contribution < 1.29 is 4.79 Å². The van der Waals surface area contributed by atoms with Gasteiger partial charge in [-0.25, -0.2) is 0 Å². The maximum atomic E-state index is 10.4. The third-order valence-electron chi connectivity index (χ3n) is 1.62. The van der Waals surface area contributed by atoms with Crippen molar-refractivity contribution in [2.45, 2.75) is 25.8 Å². The molecule has 6 nitrogen and oxygen atoms in total. The highest BCUT2D eigenvalue weighted by Gasteiger charge is 1.97. The summed E-state index contributed by atoms with van der Waals surface area (Å²) in [5.74, 6) is 0.146. The first kappa shape index (κ1) is 9.50. The highest BCUT2D eigenvalue weighted by atomic mass is 16.1. The van der Waals surface area contributed by atoms with Gasteiger partial charge in [0.05, 0.1) is 6.20 Å². The van der Waals surface area contributed by atoms with Crippen LogP contribution in [-0.4, -0.2) is 20.9 Å². The van der Waals surface area contributed by atoms with E-state index in [9.17, 15) is 4.79 Å². The SMILES string of the molecule is NC(=O)CCCCn1cc(N)nn1. The molecular weight excluding hydrogens is 170 g/mol. The van der Waals surface area contributed by atoms with Gasteiger partial charge in [-0.05, 0) is 12.8 Å². The Morgan fingerprint density at radius 1 is 1.54 bits per heavy atom. The maximum absolute atomic E-state index is 10.4. The van der Waals surface area contributed by atoms with Gasteiger partial charge in [-0.1, -0.05) is 5.21 Å². The Bertz CT molecular complexity index is 282. The first-order chi connectivity index (χ1) is 6.18. The molecule has 1 rings (SSSR count). The Morgan fingerprint density at radius 3 is 2.85 bits per heavy atom. The monoisotopic (exact) mass is 183 g/mol. The van der Waals surface area contributed by atoms with E-state index in [0.717, 1.165) is 19.4 Å². The van der Waals surface area contributed by atoms with Gasteiger partial charge in [-0.2, -0.15) is 0 Å². The lowest BCUT2D eigenvalue weighted by atomic mass is 10.2. The number of carbonyl (C=O) groups is 1. The first-order valence-corrected chi connectivity index (χ1v) is 4.12. The number of rotatable bonds is 5. The first-order valence-electron chi connectivity index (χ1n) is 4.12. The molecule has 13 heavy (non-hydrogen) atoms. The van der Waals surface area contributed by atoms with Gasteiger partial charge < -0.3 is 11.5 Å². The molecule has 0 fully saturated rings. The molecule has 0 atom stereocenters. The predicted octanol–water partition coefficient (Wildman–Crippen LogP) is -0.484. The van der Waals surface area contributed by atoms with E-state index >= 15 is 0 Å². The largest absolute Gasteiger partial charge is 0.381 e. The number of anilines is 1. The maximum Gasteiger partial charge on any atom is 0.217 e. The second-order valence-corrected chi connectivity index (χ2v) is 2.83. The molecule has 0 bridgehead atoms. The van der Waals surface area contributed by atoms with E-state index in [-0.39, 0.29) is 5.91 Å². The second kappa shape index (κ2) is 4.44. The number of primary amides is 1. The molecule has 0 spiro atoms. The fourth-order valence-electron chi connectivity index (χ4n) is 0.996. The fourth-order valence-corrected chi connectivity index (χ4v) is 0.996. The standard InChI is InChI=1S/C7H13N5O/c8-6-5-12(11-10-6)4-2-1-3-7(9)13/h5H,1-4,8H2,(H2,9,13). The van der Waals surface area contributed by atoms with Gasteiger partial charge in [0.2, 0.25) is 5.91 Å². The van der Waals surface area contributed by atoms with Crippen LogP contribution in [0.2, 0.25) is 0 Å². The molecule has 1 amide bonds. The van der Waals surface area contributed by atoms with E-state index in [1.165, 1.54) is 0 Å². The van der Waals surface area contributed by atoms with E-state index in [2.05, 4.69) is 10.3 Å². The minimum absolute atomic E-state index is 0.266. The molecule has 0 aliphatic carbocycles. The molecule has 0 aliphatic rings. The van der Waals surface area contributed by atoms with Gasteiger partial charge in [0, 0.05) is 13.0 Å². The van der Waals surface area contributed by atoms with Crippen molar-refractivity contribution in [3.63, 3.8) is 0 Å². The molecular formula is C7H13N5O. The van der Waals surface area contributed by atoms with Crippen molar-refractivity contribution in [2.24, 2.45) is 5.73 Å². The van der Waals surface area contributed by atoms with Crippen molar-refractivity contribution in [1.29, 1.82) is 0 Å². The van der Waals surface area contributed by atoms with Gasteiger partial charge in [0.1, 0.15) is 0 Å². The van der Waals surface area contributed by atoms with Gasteiger partial charge in [0.15, 0.2) is 5.82 Å². The van der Waals surface area contributed by atoms with Crippen LogP contribution in [0.25, 0.3) is 0 Å². The number of carbonyl (C=O) groups excluding carboxylic acids is 1. The number of nitrogens with two attached hydrogens (primary N) is 2. The van der Waals surface area contributed by atoms with Gasteiger partial charge >= 0.3 is 0 Å². The highest BCUT2D eigenvalue weighted by Crippen LogP contribution is 1.99. The number of hydrogen-bond donors (Lipinski definition) is 2. The van der Waals surface area contributed by atoms with E-state index in [1.807, 2.05) is 0 Å². The number of nitrogens with zero attached hydrogens (tertiary/aromatic N) is 3. The van der Waals surface area contributed by atoms with Crippen LogP contribution in [0.5, 0.6) is 0 Å². The molecule has 6 heteroatoms. The van der Waals surface area contributed by atoms with Crippen LogP contribution in [0.3, 0.4) is 0 Å². The van der Waals surface area contributed by atoms with Crippen LogP contribution < -0.4 is 11.5 Å². The Kier molecular flexibility index (Phi) is 3.24. The molecule has 1 heterocycles. The molecule has 0 aromatic carbocycles. The molecule has 1 aromatic rings. The van der Waals surface area contributed by atoms with Crippen LogP contribution in [0.1, 0.15) is 19.3 Å². The third-order valence-corrected chi connectivity index (χ3v) is 1.62. The average Bonchev–Trinajstić information content (AvgIpc) is 2.45. The zero-order valence-corrected chi connectivity index (χ0v) is 7.31. The van der Waals surface area contributed by atoms with Crippen molar-refractivity contribution in [2.75, 3.05) is 5.73 Å². The van der Waals surface area contributed by atoms with Crippen LogP contribution in [0, 0.1) is 0 Å². The van der Waals surface area contributed by atoms with Crippen LogP contribution >= 0.6 is 0 Å². The summed E-state index contributed by atoms with van der Waals surface area (Å²) in [6.07, 6.45) is 3.70. The topological polar surface area (TPSA) is 99.8 Å². The van der Waals surface area contributed by atoms with Crippen molar-refractivity contribution >= 4 is 11.7 Å². The lowest BCUT2D eigenvalue weighted by Crippen LogP contribution is -2.10. The molecule has 0 radical (unpaired) electrons. The van der Waals surface area contributed by atoms with Crippen LogP contribution in [0.4, 0.5) is 5.82 Å². The summed E-state index contributed by atoms with van der Waals surface area (Å²) < 4.78 is 1.65. The van der Waals surface area contributed by atoms with Crippen molar-refractivity contribution in [1.82, 2.24) is 15.0 Å². The number of amides is 1. The molecule has 4 N–H and O–H groups in total. The summed E-state index contributed by atoms with van der Waals surface area (Å²) in [5.41, 5.74) is 10.3. The fraction of sp³-hybridized carbons (Fsp3) is 0.571. The summed E-state index contributed by atoms with van der Waals surface area (Å²) in [4.78, 5) is 10.4. The summed E-state index contributed by atoms with van der Waals surface area (Å²) in [5, 5.41) is 7.39. The van der Waals surface area contributed by atoms with E-state index in [1.54, 1.807) is 10.9 Å². The minimum atomic E-state index is -0.266. The van der Waals surface area contributed by atoms with Crippen LogP contribution in [-0.2, 0) is 11.3 Å². The Labute approximate surface area is 75.9 Å². The van der Waals surface area contributed by atoms with Gasteiger partial charge in [0.25, 0.3) is 0 Å². The number of unbranched alkanes of at least 4 members (excludes halogenated alkanes) is 1. The lowest BCUT2D eigenvalue weighted by Gasteiger charge is -1.97. The van der Waals surface area contributed by atoms with E-state index in [4.69, 9.17) is 11.5 Å². The summed E-state index contributed by atoms with van der Waals surface area (Å²) in [7, 11) is 0. The van der Waals surface area contributed by atoms with Crippen molar-refractivity contribution in [3.8, 4) is 0 Å². The normalized spacial score (nSPS) is 10.2. The molecule has 0 unspecified atom stereocenters. The Balaban J connectivity index is 2.16. The smallest absolute Gasteiger partial charge is 0.217 e. The quantitative estimate of drug-likeness (QED) is 0.602. The molecule has 1 aromatic heterocycles. The predicted molar refractivity (Wildman–Crippen MR) is 47.5 cm³/mol. The van der Waals surface area contributed by atoms with Gasteiger partial charge in [-0.3, -0.25) is 9.48 Å². The molecule has 0 saturated carbocycles. The van der Waals surface area contributed by atoms with E-state index < -0.39 is 0 Å². The Morgan fingerprint density at radius 2 is 2.31 bits per heavy atom. The highest BCUT2D eigenvalue weighted by molar-refractivity contribution is 5.73. The van der Waals surface area contributed by atoms with Gasteiger partial charge in [-0.15, -0.1) is 5.10 Å². The Hall–Kier alpha value is -1.59.